The van der Waals surface area contributed by atoms with Crippen LogP contribution in [0.1, 0.15) is 11.6 Å². The van der Waals surface area contributed by atoms with Crippen LogP contribution in [0.3, 0.4) is 0 Å². The summed E-state index contributed by atoms with van der Waals surface area (Å²) < 4.78 is 29.5. The molecule has 0 radical (unpaired) electrons. The summed E-state index contributed by atoms with van der Waals surface area (Å²) in [7, 11) is -3.33. The average molecular weight is 447 g/mol. The number of rotatable bonds is 6. The van der Waals surface area contributed by atoms with Gasteiger partial charge in [0.25, 0.3) is 0 Å². The molecule has 1 aliphatic heterocycles. The van der Waals surface area contributed by atoms with Gasteiger partial charge >= 0.3 is 0 Å². The van der Waals surface area contributed by atoms with Gasteiger partial charge in [-0.1, -0.05) is 23.7 Å². The van der Waals surface area contributed by atoms with Crippen molar-refractivity contribution in [1.82, 2.24) is 14.9 Å². The molecular formula is C21H23ClN4O3S. The molecular weight excluding hydrogens is 424 g/mol. The van der Waals surface area contributed by atoms with Gasteiger partial charge in [-0.2, -0.15) is 0 Å². The van der Waals surface area contributed by atoms with Crippen molar-refractivity contribution in [3.8, 4) is 0 Å². The van der Waals surface area contributed by atoms with E-state index in [0.29, 0.717) is 41.5 Å². The normalized spacial score (nSPS) is 16.5. The molecule has 9 heteroatoms. The molecule has 1 atom stereocenters. The van der Waals surface area contributed by atoms with E-state index in [-0.39, 0.29) is 10.9 Å². The Morgan fingerprint density at radius 2 is 1.97 bits per heavy atom. The molecule has 1 N–H and O–H groups in total. The van der Waals surface area contributed by atoms with E-state index in [1.807, 2.05) is 18.2 Å². The summed E-state index contributed by atoms with van der Waals surface area (Å²) >= 11 is 6.24. The SMILES string of the molecule is CS(=O)(=O)c1ccc2ncnc(NCC(c3cccc(Cl)c3)N3CCOCC3)c2c1. The lowest BCUT2D eigenvalue weighted by Crippen LogP contribution is -2.41. The summed E-state index contributed by atoms with van der Waals surface area (Å²) in [5.74, 6) is 0.603. The number of anilines is 1. The molecule has 3 aromatic rings. The summed E-state index contributed by atoms with van der Waals surface area (Å²) in [6, 6.07) is 12.8. The molecule has 2 heterocycles. The van der Waals surface area contributed by atoms with Gasteiger partial charge in [0.2, 0.25) is 0 Å². The summed E-state index contributed by atoms with van der Waals surface area (Å²) in [6.07, 6.45) is 2.67. The molecule has 0 amide bonds. The van der Waals surface area contributed by atoms with E-state index in [9.17, 15) is 8.42 Å². The number of halogens is 1. The third-order valence-electron chi connectivity index (χ3n) is 5.22. The highest BCUT2D eigenvalue weighted by Gasteiger charge is 2.23. The maximum absolute atomic E-state index is 12.0. The molecule has 1 fully saturated rings. The fraction of sp³-hybridized carbons (Fsp3) is 0.333. The number of hydrogen-bond acceptors (Lipinski definition) is 7. The molecule has 1 aromatic heterocycles. The highest BCUT2D eigenvalue weighted by Crippen LogP contribution is 2.27. The lowest BCUT2D eigenvalue weighted by atomic mass is 10.0. The number of morpholine rings is 1. The molecule has 7 nitrogen and oxygen atoms in total. The minimum absolute atomic E-state index is 0.0655. The first-order chi connectivity index (χ1) is 14.4. The number of fused-ring (bicyclic) bond motifs is 1. The zero-order valence-corrected chi connectivity index (χ0v) is 18.2. The van der Waals surface area contributed by atoms with E-state index in [1.165, 1.54) is 12.6 Å². The standard InChI is InChI=1S/C21H23ClN4O3S/c1-30(27,28)17-5-6-19-18(12-17)21(25-14-24-19)23-13-20(26-7-9-29-10-8-26)15-3-2-4-16(22)11-15/h2-6,11-12,14,20H,7-10,13H2,1H3,(H,23,24,25). The maximum atomic E-state index is 12.0. The van der Waals surface area contributed by atoms with E-state index < -0.39 is 9.84 Å². The van der Waals surface area contributed by atoms with E-state index >= 15 is 0 Å². The van der Waals surface area contributed by atoms with Crippen molar-refractivity contribution < 1.29 is 13.2 Å². The van der Waals surface area contributed by atoms with E-state index in [2.05, 4.69) is 26.3 Å². The summed E-state index contributed by atoms with van der Waals surface area (Å²) in [4.78, 5) is 11.2. The van der Waals surface area contributed by atoms with Gasteiger partial charge in [-0.3, -0.25) is 4.90 Å². The number of benzene rings is 2. The number of sulfone groups is 1. The molecule has 4 rings (SSSR count). The molecule has 1 aliphatic rings. The van der Waals surface area contributed by atoms with Crippen molar-refractivity contribution in [2.45, 2.75) is 10.9 Å². The fourth-order valence-electron chi connectivity index (χ4n) is 3.66. The maximum Gasteiger partial charge on any atom is 0.175 e. The van der Waals surface area contributed by atoms with Crippen molar-refractivity contribution in [3.05, 3.63) is 59.4 Å². The van der Waals surface area contributed by atoms with Crippen molar-refractivity contribution in [2.24, 2.45) is 0 Å². The Hall–Kier alpha value is -2.26. The van der Waals surface area contributed by atoms with E-state index in [4.69, 9.17) is 16.3 Å². The van der Waals surface area contributed by atoms with Gasteiger partial charge in [0.1, 0.15) is 12.1 Å². The van der Waals surface area contributed by atoms with E-state index in [1.54, 1.807) is 18.2 Å². The van der Waals surface area contributed by atoms with Gasteiger partial charge in [0, 0.05) is 36.3 Å². The molecule has 30 heavy (non-hydrogen) atoms. The molecule has 0 bridgehead atoms. The number of nitrogens with one attached hydrogen (secondary N) is 1. The molecule has 2 aromatic carbocycles. The lowest BCUT2D eigenvalue weighted by Gasteiger charge is -2.35. The van der Waals surface area contributed by atoms with Crippen LogP contribution in [0.25, 0.3) is 10.9 Å². The number of nitrogens with zero attached hydrogens (tertiary/aromatic N) is 3. The van der Waals surface area contributed by atoms with Gasteiger partial charge in [-0.25, -0.2) is 18.4 Å². The predicted octanol–water partition coefficient (Wildman–Crippen LogP) is 3.17. The molecule has 0 spiro atoms. The molecule has 0 saturated carbocycles. The first-order valence-corrected chi connectivity index (χ1v) is 11.9. The van der Waals surface area contributed by atoms with Crippen LogP contribution in [0.5, 0.6) is 0 Å². The first-order valence-electron chi connectivity index (χ1n) is 9.68. The Bertz CT molecular complexity index is 1150. The number of hydrogen-bond donors (Lipinski definition) is 1. The van der Waals surface area contributed by atoms with Gasteiger partial charge < -0.3 is 10.1 Å². The van der Waals surface area contributed by atoms with Crippen LogP contribution in [0.4, 0.5) is 5.82 Å². The van der Waals surface area contributed by atoms with E-state index in [0.717, 1.165) is 18.7 Å². The zero-order chi connectivity index (χ0) is 21.1. The third kappa shape index (κ3) is 4.73. The van der Waals surface area contributed by atoms with Crippen molar-refractivity contribution in [1.29, 1.82) is 0 Å². The van der Waals surface area contributed by atoms with Crippen LogP contribution in [0.2, 0.25) is 5.02 Å². The Morgan fingerprint density at radius 1 is 1.17 bits per heavy atom. The van der Waals surface area contributed by atoms with Crippen molar-refractivity contribution >= 4 is 38.2 Å². The van der Waals surface area contributed by atoms with Crippen LogP contribution in [-0.4, -0.2) is 62.4 Å². The minimum Gasteiger partial charge on any atom is -0.379 e. The molecule has 1 saturated heterocycles. The second-order valence-corrected chi connectivity index (χ2v) is 9.73. The zero-order valence-electron chi connectivity index (χ0n) is 16.6. The number of aromatic nitrogens is 2. The Kier molecular flexibility index (Phi) is 6.19. The highest BCUT2D eigenvalue weighted by molar-refractivity contribution is 7.90. The third-order valence-corrected chi connectivity index (χ3v) is 6.56. The average Bonchev–Trinajstić information content (AvgIpc) is 2.74. The predicted molar refractivity (Wildman–Crippen MR) is 118 cm³/mol. The quantitative estimate of drug-likeness (QED) is 0.622. The van der Waals surface area contributed by atoms with Gasteiger partial charge in [-0.15, -0.1) is 0 Å². The van der Waals surface area contributed by atoms with Crippen molar-refractivity contribution in [2.75, 3.05) is 44.4 Å². The lowest BCUT2D eigenvalue weighted by molar-refractivity contribution is 0.0187. The van der Waals surface area contributed by atoms with Crippen LogP contribution in [0.15, 0.2) is 53.7 Å². The summed E-state index contributed by atoms with van der Waals surface area (Å²) in [6.45, 7) is 3.59. The van der Waals surface area contributed by atoms with Crippen LogP contribution < -0.4 is 5.32 Å². The van der Waals surface area contributed by atoms with Crippen molar-refractivity contribution in [3.63, 3.8) is 0 Å². The largest absolute Gasteiger partial charge is 0.379 e. The van der Waals surface area contributed by atoms with Gasteiger partial charge in [0.15, 0.2) is 9.84 Å². The van der Waals surface area contributed by atoms with Crippen LogP contribution in [-0.2, 0) is 14.6 Å². The van der Waals surface area contributed by atoms with Gasteiger partial charge in [-0.05, 0) is 35.9 Å². The first kappa shape index (κ1) is 21.0. The molecule has 158 valence electrons. The van der Waals surface area contributed by atoms with Crippen LogP contribution >= 0.6 is 11.6 Å². The Morgan fingerprint density at radius 3 is 2.70 bits per heavy atom. The number of ether oxygens (including phenoxy) is 1. The second-order valence-electron chi connectivity index (χ2n) is 7.27. The minimum atomic E-state index is -3.33. The Balaban J connectivity index is 1.65. The van der Waals surface area contributed by atoms with Crippen LogP contribution in [0, 0.1) is 0 Å². The second kappa shape index (κ2) is 8.85. The smallest absolute Gasteiger partial charge is 0.175 e. The summed E-state index contributed by atoms with van der Waals surface area (Å²) in [5, 5.41) is 4.77. The molecule has 1 unspecified atom stereocenters. The van der Waals surface area contributed by atoms with Gasteiger partial charge in [0.05, 0.1) is 29.7 Å². The highest BCUT2D eigenvalue weighted by atomic mass is 35.5. The Labute approximate surface area is 181 Å². The topological polar surface area (TPSA) is 84.4 Å². The summed E-state index contributed by atoms with van der Waals surface area (Å²) in [5.41, 5.74) is 1.79. The fourth-order valence-corrected chi connectivity index (χ4v) is 4.51. The molecule has 0 aliphatic carbocycles. The monoisotopic (exact) mass is 446 g/mol.